The molecule has 2 rings (SSSR count). The highest BCUT2D eigenvalue weighted by Gasteiger charge is 2.22. The molecule has 20 heavy (non-hydrogen) atoms. The van der Waals surface area contributed by atoms with Crippen molar-refractivity contribution >= 4 is 15.8 Å². The molecule has 2 aromatic rings. The lowest BCUT2D eigenvalue weighted by Crippen LogP contribution is -2.01. The number of aromatic amines is 1. The van der Waals surface area contributed by atoms with Gasteiger partial charge in [-0.25, -0.2) is 18.2 Å². The van der Waals surface area contributed by atoms with Gasteiger partial charge in [-0.1, -0.05) is 31.2 Å². The van der Waals surface area contributed by atoms with E-state index in [0.717, 1.165) is 18.2 Å². The van der Waals surface area contributed by atoms with E-state index in [4.69, 9.17) is 5.11 Å². The molecule has 6 nitrogen and oxygen atoms in total. The van der Waals surface area contributed by atoms with Crippen molar-refractivity contribution in [3.63, 3.8) is 0 Å². The number of rotatable bonds is 4. The first-order valence-electron chi connectivity index (χ1n) is 5.95. The lowest BCUT2D eigenvalue weighted by Gasteiger charge is -2.00. The molecule has 1 aromatic heterocycles. The highest BCUT2D eigenvalue weighted by atomic mass is 32.2. The summed E-state index contributed by atoms with van der Waals surface area (Å²) in [6, 6.07) is 7.17. The zero-order valence-electron chi connectivity index (χ0n) is 11.0. The third-order valence-corrected chi connectivity index (χ3v) is 3.78. The molecule has 0 fully saturated rings. The molecule has 0 aliphatic carbocycles. The molecule has 0 amide bonds. The molecule has 0 saturated heterocycles. The molecule has 0 atom stereocenters. The Bertz CT molecular complexity index is 745. The molecule has 0 radical (unpaired) electrons. The maximum atomic E-state index is 11.5. The monoisotopic (exact) mass is 294 g/mol. The summed E-state index contributed by atoms with van der Waals surface area (Å²) in [7, 11) is -3.59. The maximum absolute atomic E-state index is 11.5. The number of carboxylic acid groups (broad SMARTS) is 1. The zero-order valence-corrected chi connectivity index (χ0v) is 11.9. The first-order valence-corrected chi connectivity index (χ1v) is 7.84. The van der Waals surface area contributed by atoms with Gasteiger partial charge < -0.3 is 10.1 Å². The summed E-state index contributed by atoms with van der Waals surface area (Å²) in [5.41, 5.74) is 1.56. The molecule has 0 spiro atoms. The smallest absolute Gasteiger partial charge is 0.354 e. The van der Waals surface area contributed by atoms with Crippen molar-refractivity contribution in [2.24, 2.45) is 0 Å². The van der Waals surface area contributed by atoms with Crippen LogP contribution in [0.3, 0.4) is 0 Å². The van der Waals surface area contributed by atoms with Gasteiger partial charge in [-0.2, -0.15) is 0 Å². The molecule has 0 unspecified atom stereocenters. The Morgan fingerprint density at radius 3 is 2.35 bits per heavy atom. The second kappa shape index (κ2) is 5.09. The first kappa shape index (κ1) is 14.3. The average molecular weight is 294 g/mol. The van der Waals surface area contributed by atoms with Gasteiger partial charge in [0.05, 0.1) is 0 Å². The number of hydrogen-bond acceptors (Lipinski definition) is 4. The molecule has 7 heteroatoms. The van der Waals surface area contributed by atoms with Crippen LogP contribution in [-0.4, -0.2) is 35.7 Å². The van der Waals surface area contributed by atoms with Crippen LogP contribution in [0.5, 0.6) is 0 Å². The molecule has 1 heterocycles. The van der Waals surface area contributed by atoms with Gasteiger partial charge in [-0.3, -0.25) is 0 Å². The molecular formula is C13H14N2O4S. The zero-order chi connectivity index (χ0) is 14.9. The summed E-state index contributed by atoms with van der Waals surface area (Å²) in [5, 5.41) is 8.80. The van der Waals surface area contributed by atoms with Gasteiger partial charge in [0.15, 0.2) is 5.69 Å². The molecule has 0 saturated carbocycles. The molecule has 0 bridgehead atoms. The topological polar surface area (TPSA) is 100 Å². The summed E-state index contributed by atoms with van der Waals surface area (Å²) in [5.74, 6) is -1.25. The largest absolute Gasteiger partial charge is 0.477 e. The fourth-order valence-electron chi connectivity index (χ4n) is 1.79. The minimum atomic E-state index is -3.59. The minimum Gasteiger partial charge on any atom is -0.477 e. The van der Waals surface area contributed by atoms with E-state index in [1.807, 2.05) is 19.1 Å². The van der Waals surface area contributed by atoms with Gasteiger partial charge in [0.25, 0.3) is 0 Å². The highest BCUT2D eigenvalue weighted by molar-refractivity contribution is 7.90. The van der Waals surface area contributed by atoms with Crippen molar-refractivity contribution in [3.05, 3.63) is 35.5 Å². The van der Waals surface area contributed by atoms with Crippen molar-refractivity contribution in [2.45, 2.75) is 18.5 Å². The predicted octanol–water partition coefficient (Wildman–Crippen LogP) is 1.74. The number of aromatic carboxylic acids is 1. The van der Waals surface area contributed by atoms with Crippen LogP contribution in [0.25, 0.3) is 11.3 Å². The second-order valence-electron chi connectivity index (χ2n) is 4.39. The van der Waals surface area contributed by atoms with Gasteiger partial charge in [0, 0.05) is 11.8 Å². The molecule has 0 aliphatic rings. The van der Waals surface area contributed by atoms with Crippen molar-refractivity contribution in [1.82, 2.24) is 9.97 Å². The Morgan fingerprint density at radius 1 is 1.30 bits per heavy atom. The number of H-pyrrole nitrogens is 1. The van der Waals surface area contributed by atoms with E-state index < -0.39 is 15.8 Å². The maximum Gasteiger partial charge on any atom is 0.354 e. The van der Waals surface area contributed by atoms with Crippen molar-refractivity contribution in [2.75, 3.05) is 6.26 Å². The van der Waals surface area contributed by atoms with Gasteiger partial charge in [0.1, 0.15) is 5.69 Å². The average Bonchev–Trinajstić information content (AvgIpc) is 2.84. The first-order chi connectivity index (χ1) is 9.32. The minimum absolute atomic E-state index is 0.126. The Morgan fingerprint density at radius 2 is 1.90 bits per heavy atom. The SMILES string of the molecule is CCc1ccc(-c2nc(S(C)(=O)=O)[nH]c2C(=O)O)cc1. The lowest BCUT2D eigenvalue weighted by atomic mass is 10.1. The normalized spacial score (nSPS) is 11.5. The number of nitrogens with zero attached hydrogens (tertiary/aromatic N) is 1. The summed E-state index contributed by atoms with van der Waals surface area (Å²) < 4.78 is 22.9. The van der Waals surface area contributed by atoms with Crippen molar-refractivity contribution < 1.29 is 18.3 Å². The molecular weight excluding hydrogens is 280 g/mol. The number of nitrogens with one attached hydrogen (secondary N) is 1. The van der Waals surface area contributed by atoms with Crippen LogP contribution in [0.4, 0.5) is 0 Å². The third kappa shape index (κ3) is 2.72. The van der Waals surface area contributed by atoms with Crippen molar-refractivity contribution in [1.29, 1.82) is 0 Å². The fourth-order valence-corrected chi connectivity index (χ4v) is 2.33. The molecule has 2 N–H and O–H groups in total. The highest BCUT2D eigenvalue weighted by Crippen LogP contribution is 2.24. The number of carbonyl (C=O) groups is 1. The van der Waals surface area contributed by atoms with E-state index in [9.17, 15) is 13.2 Å². The number of hydrogen-bond donors (Lipinski definition) is 2. The summed E-state index contributed by atoms with van der Waals surface area (Å²) >= 11 is 0. The quantitative estimate of drug-likeness (QED) is 0.894. The number of aromatic nitrogens is 2. The summed E-state index contributed by atoms with van der Waals surface area (Å²) in [4.78, 5) is 17.4. The second-order valence-corrected chi connectivity index (χ2v) is 6.32. The van der Waals surface area contributed by atoms with E-state index in [1.54, 1.807) is 12.1 Å². The Hall–Kier alpha value is -2.15. The van der Waals surface area contributed by atoms with Gasteiger partial charge in [-0.15, -0.1) is 0 Å². The van der Waals surface area contributed by atoms with Gasteiger partial charge in [0.2, 0.25) is 15.0 Å². The third-order valence-electron chi connectivity index (χ3n) is 2.88. The van der Waals surface area contributed by atoms with Crippen LogP contribution in [0, 0.1) is 0 Å². The van der Waals surface area contributed by atoms with Crippen LogP contribution in [0.1, 0.15) is 23.0 Å². The van der Waals surface area contributed by atoms with Crippen LogP contribution in [0.2, 0.25) is 0 Å². The number of sulfone groups is 1. The van der Waals surface area contributed by atoms with Crippen LogP contribution < -0.4 is 0 Å². The van der Waals surface area contributed by atoms with E-state index in [1.165, 1.54) is 0 Å². The predicted molar refractivity (Wildman–Crippen MR) is 73.5 cm³/mol. The molecule has 1 aromatic carbocycles. The number of aryl methyl sites for hydroxylation is 1. The van der Waals surface area contributed by atoms with E-state index in [0.29, 0.717) is 5.56 Å². The number of carboxylic acids is 1. The fraction of sp³-hybridized carbons (Fsp3) is 0.231. The lowest BCUT2D eigenvalue weighted by molar-refractivity contribution is 0.0691. The van der Waals surface area contributed by atoms with E-state index >= 15 is 0 Å². The molecule has 0 aliphatic heterocycles. The van der Waals surface area contributed by atoms with E-state index in [2.05, 4.69) is 9.97 Å². The Kier molecular flexibility index (Phi) is 3.63. The van der Waals surface area contributed by atoms with E-state index in [-0.39, 0.29) is 16.5 Å². The van der Waals surface area contributed by atoms with Gasteiger partial charge in [-0.05, 0) is 12.0 Å². The van der Waals surface area contributed by atoms with Crippen LogP contribution >= 0.6 is 0 Å². The Balaban J connectivity index is 2.59. The van der Waals surface area contributed by atoms with Crippen LogP contribution in [-0.2, 0) is 16.3 Å². The molecule has 106 valence electrons. The number of imidazole rings is 1. The summed E-state index contributed by atoms with van der Waals surface area (Å²) in [6.45, 7) is 2.01. The number of benzene rings is 1. The Labute approximate surface area is 116 Å². The van der Waals surface area contributed by atoms with Crippen LogP contribution in [0.15, 0.2) is 29.4 Å². The van der Waals surface area contributed by atoms with Crippen molar-refractivity contribution in [3.8, 4) is 11.3 Å². The summed E-state index contributed by atoms with van der Waals surface area (Å²) in [6.07, 6.45) is 1.84. The van der Waals surface area contributed by atoms with Gasteiger partial charge >= 0.3 is 5.97 Å². The standard InChI is InChI=1S/C13H14N2O4S/c1-3-8-4-6-9(7-5-8)10-11(12(16)17)15-13(14-10)20(2,18)19/h4-7H,3H2,1-2H3,(H,14,15)(H,16,17).